The third-order valence-electron chi connectivity index (χ3n) is 5.00. The van der Waals surface area contributed by atoms with Crippen LogP contribution < -0.4 is 19.5 Å². The number of fused-ring (bicyclic) bond motifs is 1. The van der Waals surface area contributed by atoms with Gasteiger partial charge in [0.1, 0.15) is 18.5 Å². The molecule has 31 heavy (non-hydrogen) atoms. The standard InChI is InChI=1S/C20H24N2O8S/c23-14(12-27-15-4-5-16-18(10-15)29-13-28-16)11-21-20(24)17-6-7-19(30-17)31(25,26)22-8-2-1-3-9-22/h4-7,10,14,23H,1-3,8-9,11-13H2,(H,21,24). The molecule has 1 atom stereocenters. The van der Waals surface area contributed by atoms with Crippen molar-refractivity contribution >= 4 is 15.9 Å². The van der Waals surface area contributed by atoms with Crippen molar-refractivity contribution in [1.29, 1.82) is 0 Å². The largest absolute Gasteiger partial charge is 0.491 e. The SMILES string of the molecule is O=C(NCC(O)COc1ccc2c(c1)OCO2)c1ccc(S(=O)(=O)N2CCCCC2)o1. The van der Waals surface area contributed by atoms with Gasteiger partial charge in [0.25, 0.3) is 15.9 Å². The molecule has 1 fully saturated rings. The van der Waals surface area contributed by atoms with E-state index >= 15 is 0 Å². The van der Waals surface area contributed by atoms with E-state index in [1.807, 2.05) is 0 Å². The van der Waals surface area contributed by atoms with Crippen molar-refractivity contribution in [3.05, 3.63) is 36.1 Å². The number of rotatable bonds is 8. The normalized spacial score (nSPS) is 17.3. The van der Waals surface area contributed by atoms with E-state index in [1.54, 1.807) is 18.2 Å². The molecule has 2 aromatic rings. The van der Waals surface area contributed by atoms with Crippen LogP contribution in [0.5, 0.6) is 17.2 Å². The van der Waals surface area contributed by atoms with Crippen LogP contribution in [0.15, 0.2) is 39.8 Å². The van der Waals surface area contributed by atoms with Gasteiger partial charge in [0.15, 0.2) is 17.3 Å². The topological polar surface area (TPSA) is 128 Å². The number of sulfonamides is 1. The predicted molar refractivity (Wildman–Crippen MR) is 108 cm³/mol. The summed E-state index contributed by atoms with van der Waals surface area (Å²) < 4.78 is 47.9. The van der Waals surface area contributed by atoms with E-state index in [1.165, 1.54) is 16.4 Å². The molecule has 1 amide bonds. The molecule has 1 aromatic carbocycles. The summed E-state index contributed by atoms with van der Waals surface area (Å²) in [5.74, 6) is 0.920. The van der Waals surface area contributed by atoms with E-state index in [4.69, 9.17) is 18.6 Å². The summed E-state index contributed by atoms with van der Waals surface area (Å²) in [4.78, 5) is 12.3. The first-order valence-electron chi connectivity index (χ1n) is 10.0. The Balaban J connectivity index is 1.27. The number of hydrogen-bond acceptors (Lipinski definition) is 8. The lowest BCUT2D eigenvalue weighted by Crippen LogP contribution is -2.35. The van der Waals surface area contributed by atoms with Gasteiger partial charge in [-0.1, -0.05) is 6.42 Å². The summed E-state index contributed by atoms with van der Waals surface area (Å²) in [5.41, 5.74) is 0. The van der Waals surface area contributed by atoms with E-state index in [9.17, 15) is 18.3 Å². The number of furan rings is 1. The Hall–Kier alpha value is -2.76. The molecule has 3 heterocycles. The highest BCUT2D eigenvalue weighted by Gasteiger charge is 2.29. The number of piperidine rings is 1. The average molecular weight is 452 g/mol. The van der Waals surface area contributed by atoms with Crippen LogP contribution in [0, 0.1) is 0 Å². The van der Waals surface area contributed by atoms with E-state index in [0.717, 1.165) is 19.3 Å². The van der Waals surface area contributed by atoms with Crippen LogP contribution in [-0.2, 0) is 10.0 Å². The maximum Gasteiger partial charge on any atom is 0.287 e. The van der Waals surface area contributed by atoms with Gasteiger partial charge < -0.3 is 29.1 Å². The minimum absolute atomic E-state index is 0.0628. The summed E-state index contributed by atoms with van der Waals surface area (Å²) in [6, 6.07) is 7.63. The number of benzene rings is 1. The number of aliphatic hydroxyl groups excluding tert-OH is 1. The maximum atomic E-state index is 12.6. The van der Waals surface area contributed by atoms with E-state index in [-0.39, 0.29) is 30.8 Å². The summed E-state index contributed by atoms with van der Waals surface area (Å²) in [5, 5.41) is 12.3. The number of aliphatic hydroxyl groups is 1. The first kappa shape index (κ1) is 21.5. The zero-order chi connectivity index (χ0) is 21.8. The van der Waals surface area contributed by atoms with Gasteiger partial charge in [-0.25, -0.2) is 8.42 Å². The van der Waals surface area contributed by atoms with Gasteiger partial charge in [-0.2, -0.15) is 4.31 Å². The van der Waals surface area contributed by atoms with E-state index < -0.39 is 22.0 Å². The number of carbonyl (C=O) groups excluding carboxylic acids is 1. The van der Waals surface area contributed by atoms with Crippen molar-refractivity contribution < 1.29 is 36.9 Å². The summed E-state index contributed by atoms with van der Waals surface area (Å²) in [6.45, 7) is 0.881. The average Bonchev–Trinajstić information content (AvgIpc) is 3.46. The Morgan fingerprint density at radius 3 is 2.71 bits per heavy atom. The summed E-state index contributed by atoms with van der Waals surface area (Å²) in [7, 11) is -3.75. The molecule has 1 unspecified atom stereocenters. The number of hydrogen-bond donors (Lipinski definition) is 2. The highest BCUT2D eigenvalue weighted by Crippen LogP contribution is 2.35. The number of nitrogens with one attached hydrogen (secondary N) is 1. The molecule has 2 N–H and O–H groups in total. The fourth-order valence-corrected chi connectivity index (χ4v) is 4.76. The zero-order valence-electron chi connectivity index (χ0n) is 16.8. The monoisotopic (exact) mass is 452 g/mol. The second kappa shape index (κ2) is 9.16. The molecule has 2 aliphatic heterocycles. The minimum atomic E-state index is -3.75. The lowest BCUT2D eigenvalue weighted by Gasteiger charge is -2.24. The number of nitrogens with zero attached hydrogens (tertiary/aromatic N) is 1. The third kappa shape index (κ3) is 4.94. The van der Waals surface area contributed by atoms with Gasteiger partial charge in [0.2, 0.25) is 11.9 Å². The molecule has 4 rings (SSSR count). The highest BCUT2D eigenvalue weighted by molar-refractivity contribution is 7.89. The molecule has 0 aliphatic carbocycles. The molecule has 1 saturated heterocycles. The van der Waals surface area contributed by atoms with Crippen molar-refractivity contribution in [2.75, 3.05) is 33.0 Å². The van der Waals surface area contributed by atoms with Crippen molar-refractivity contribution in [2.45, 2.75) is 30.5 Å². The Labute approximate surface area is 179 Å². The van der Waals surface area contributed by atoms with Crippen molar-refractivity contribution in [1.82, 2.24) is 9.62 Å². The van der Waals surface area contributed by atoms with Gasteiger partial charge in [0.05, 0.1) is 0 Å². The first-order valence-corrected chi connectivity index (χ1v) is 11.5. The van der Waals surface area contributed by atoms with Gasteiger partial charge >= 0.3 is 0 Å². The van der Waals surface area contributed by atoms with E-state index in [2.05, 4.69) is 5.32 Å². The zero-order valence-corrected chi connectivity index (χ0v) is 17.6. The van der Waals surface area contributed by atoms with Gasteiger partial charge in [-0.05, 0) is 37.1 Å². The molecule has 0 spiro atoms. The molecule has 2 aliphatic rings. The molecule has 0 radical (unpaired) electrons. The van der Waals surface area contributed by atoms with E-state index in [0.29, 0.717) is 30.3 Å². The first-order chi connectivity index (χ1) is 14.9. The quantitative estimate of drug-likeness (QED) is 0.615. The minimum Gasteiger partial charge on any atom is -0.491 e. The summed E-state index contributed by atoms with van der Waals surface area (Å²) >= 11 is 0. The molecule has 168 valence electrons. The predicted octanol–water partition coefficient (Wildman–Crippen LogP) is 1.35. The van der Waals surface area contributed by atoms with Crippen LogP contribution in [0.3, 0.4) is 0 Å². The third-order valence-corrected chi connectivity index (χ3v) is 6.77. The van der Waals surface area contributed by atoms with Crippen molar-refractivity contribution in [2.24, 2.45) is 0 Å². The number of amides is 1. The smallest absolute Gasteiger partial charge is 0.287 e. The molecular weight excluding hydrogens is 428 g/mol. The highest BCUT2D eigenvalue weighted by atomic mass is 32.2. The van der Waals surface area contributed by atoms with Gasteiger partial charge in [-0.3, -0.25) is 4.79 Å². The summed E-state index contributed by atoms with van der Waals surface area (Å²) in [6.07, 6.45) is 1.62. The molecule has 1 aromatic heterocycles. The molecule has 0 bridgehead atoms. The molecule has 11 heteroatoms. The Bertz CT molecular complexity index is 1030. The Morgan fingerprint density at radius 2 is 1.90 bits per heavy atom. The lowest BCUT2D eigenvalue weighted by atomic mass is 10.2. The fraction of sp³-hybridized carbons (Fsp3) is 0.450. The maximum absolute atomic E-state index is 12.6. The molecular formula is C20H24N2O8S. The van der Waals surface area contributed by atoms with Crippen LogP contribution in [0.2, 0.25) is 0 Å². The van der Waals surface area contributed by atoms with Crippen LogP contribution in [0.4, 0.5) is 0 Å². The fourth-order valence-electron chi connectivity index (χ4n) is 3.33. The second-order valence-electron chi connectivity index (χ2n) is 7.27. The van der Waals surface area contributed by atoms with Crippen LogP contribution >= 0.6 is 0 Å². The lowest BCUT2D eigenvalue weighted by molar-refractivity contribution is 0.0817. The Kier molecular flexibility index (Phi) is 6.35. The van der Waals surface area contributed by atoms with Gasteiger partial charge in [-0.15, -0.1) is 0 Å². The molecule has 0 saturated carbocycles. The van der Waals surface area contributed by atoms with Crippen molar-refractivity contribution in [3.8, 4) is 17.2 Å². The Morgan fingerprint density at radius 1 is 1.13 bits per heavy atom. The van der Waals surface area contributed by atoms with Crippen molar-refractivity contribution in [3.63, 3.8) is 0 Å². The van der Waals surface area contributed by atoms with Crippen LogP contribution in [0.25, 0.3) is 0 Å². The van der Waals surface area contributed by atoms with Gasteiger partial charge in [0, 0.05) is 25.7 Å². The van der Waals surface area contributed by atoms with Crippen LogP contribution in [0.1, 0.15) is 29.8 Å². The number of ether oxygens (including phenoxy) is 3. The second-order valence-corrected chi connectivity index (χ2v) is 9.14. The van der Waals surface area contributed by atoms with Crippen LogP contribution in [-0.4, -0.2) is 62.9 Å². The molecule has 10 nitrogen and oxygen atoms in total. The number of carbonyl (C=O) groups is 1.